The summed E-state index contributed by atoms with van der Waals surface area (Å²) in [4.78, 5) is 50.2. The van der Waals surface area contributed by atoms with Gasteiger partial charge in [0, 0.05) is 19.0 Å². The number of aliphatic hydroxyl groups excluding tert-OH is 1. The number of nitrogens with zero attached hydrogens (tertiary/aromatic N) is 1. The number of aromatic amines is 1. The lowest BCUT2D eigenvalue weighted by Gasteiger charge is -2.33. The highest BCUT2D eigenvalue weighted by Crippen LogP contribution is 2.30. The van der Waals surface area contributed by atoms with Gasteiger partial charge in [-0.25, -0.2) is 4.98 Å². The van der Waals surface area contributed by atoms with Gasteiger partial charge >= 0.3 is 5.97 Å². The average molecular weight is 761 g/mol. The van der Waals surface area contributed by atoms with E-state index in [9.17, 15) is 19.5 Å². The van der Waals surface area contributed by atoms with Crippen molar-refractivity contribution in [2.24, 2.45) is 23.7 Å². The molecule has 1 unspecified atom stereocenters. The Kier molecular flexibility index (Phi) is 16.5. The van der Waals surface area contributed by atoms with Gasteiger partial charge < -0.3 is 25.5 Å². The Morgan fingerprint density at radius 1 is 0.821 bits per heavy atom. The maximum atomic E-state index is 14.4. The van der Waals surface area contributed by atoms with E-state index in [4.69, 9.17) is 4.74 Å². The highest BCUT2D eigenvalue weighted by molar-refractivity contribution is 5.91. The summed E-state index contributed by atoms with van der Waals surface area (Å²) in [5.41, 5.74) is 3.38. The number of ether oxygens (including phenoxy) is 1. The molecule has 5 atom stereocenters. The van der Waals surface area contributed by atoms with Crippen LogP contribution in [0.1, 0.15) is 81.2 Å². The largest absolute Gasteiger partial charge is 0.452 e. The van der Waals surface area contributed by atoms with Crippen molar-refractivity contribution in [1.29, 1.82) is 0 Å². The molecular formula is C47H60N4O5. The summed E-state index contributed by atoms with van der Waals surface area (Å²) in [7, 11) is 0. The molecule has 0 bridgehead atoms. The summed E-state index contributed by atoms with van der Waals surface area (Å²) in [6, 6.07) is 27.4. The van der Waals surface area contributed by atoms with Crippen LogP contribution in [0, 0.1) is 23.7 Å². The number of aromatic nitrogens is 2. The second kappa shape index (κ2) is 21.9. The quantitative estimate of drug-likeness (QED) is 0.0519. The van der Waals surface area contributed by atoms with Gasteiger partial charge in [-0.3, -0.25) is 14.4 Å². The van der Waals surface area contributed by atoms with Crippen LogP contribution in [0.2, 0.25) is 0 Å². The van der Waals surface area contributed by atoms with E-state index in [0.717, 1.165) is 42.4 Å². The van der Waals surface area contributed by atoms with Crippen molar-refractivity contribution in [1.82, 2.24) is 20.6 Å². The fourth-order valence-corrected chi connectivity index (χ4v) is 7.84. The van der Waals surface area contributed by atoms with Crippen LogP contribution in [-0.2, 0) is 44.8 Å². The average Bonchev–Trinajstić information content (AvgIpc) is 3.73. The normalized spacial score (nSPS) is 16.0. The zero-order chi connectivity index (χ0) is 39.7. The Bertz CT molecular complexity index is 1720. The molecule has 1 saturated carbocycles. The Balaban J connectivity index is 1.39. The van der Waals surface area contributed by atoms with Crippen molar-refractivity contribution < 1.29 is 24.2 Å². The number of rotatable bonds is 21. The zero-order valence-electron chi connectivity index (χ0n) is 33.0. The third-order valence-electron chi connectivity index (χ3n) is 11.2. The molecule has 56 heavy (non-hydrogen) atoms. The molecular weight excluding hydrogens is 701 g/mol. The van der Waals surface area contributed by atoms with Gasteiger partial charge in [0.25, 0.3) is 5.91 Å². The van der Waals surface area contributed by atoms with Gasteiger partial charge in [0.1, 0.15) is 6.04 Å². The minimum absolute atomic E-state index is 0.0800. The fraction of sp³-hybridized carbons (Fsp3) is 0.447. The number of amides is 2. The molecule has 1 heterocycles. The second-order valence-corrected chi connectivity index (χ2v) is 15.8. The summed E-state index contributed by atoms with van der Waals surface area (Å²) in [6.45, 7) is 8.21. The molecule has 0 aliphatic heterocycles. The zero-order valence-corrected chi connectivity index (χ0v) is 33.0. The lowest BCUT2D eigenvalue weighted by molar-refractivity contribution is -0.160. The van der Waals surface area contributed by atoms with Crippen molar-refractivity contribution in [2.75, 3.05) is 0 Å². The Morgan fingerprint density at radius 2 is 1.39 bits per heavy atom. The summed E-state index contributed by atoms with van der Waals surface area (Å²) in [5, 5.41) is 17.8. The van der Waals surface area contributed by atoms with Gasteiger partial charge in [0.2, 0.25) is 5.91 Å². The van der Waals surface area contributed by atoms with Gasteiger partial charge in [-0.1, -0.05) is 143 Å². The fourth-order valence-electron chi connectivity index (χ4n) is 7.84. The van der Waals surface area contributed by atoms with Gasteiger partial charge in [0.05, 0.1) is 30.1 Å². The van der Waals surface area contributed by atoms with Crippen molar-refractivity contribution in [3.63, 3.8) is 0 Å². The topological polar surface area (TPSA) is 133 Å². The predicted octanol–water partition coefficient (Wildman–Crippen LogP) is 7.36. The second-order valence-electron chi connectivity index (χ2n) is 15.8. The predicted molar refractivity (Wildman–Crippen MR) is 220 cm³/mol. The maximum Gasteiger partial charge on any atom is 0.310 e. The molecule has 5 rings (SSSR count). The van der Waals surface area contributed by atoms with E-state index in [1.54, 1.807) is 6.20 Å². The SMILES string of the molecule is C=CC(C[C@H](O)[C@H](CC1CCCCC1)NC(=O)[C@H](Cc1c[nH]cn1)NC(=O)[C@H](Cc1ccccc1)OC(=O)C(Cc1ccccc1)Cc1ccccc1)C(C)C. The van der Waals surface area contributed by atoms with Crippen LogP contribution in [0.3, 0.4) is 0 Å². The first-order valence-corrected chi connectivity index (χ1v) is 20.4. The Hall–Kier alpha value is -5.02. The van der Waals surface area contributed by atoms with Crippen molar-refractivity contribution >= 4 is 17.8 Å². The molecule has 3 aromatic carbocycles. The molecule has 9 nitrogen and oxygen atoms in total. The first kappa shape index (κ1) is 42.1. The number of H-pyrrole nitrogens is 1. The molecule has 1 aliphatic rings. The van der Waals surface area contributed by atoms with Crippen molar-refractivity contribution in [3.05, 3.63) is 139 Å². The van der Waals surface area contributed by atoms with E-state index >= 15 is 0 Å². The van der Waals surface area contributed by atoms with Crippen molar-refractivity contribution in [3.8, 4) is 0 Å². The molecule has 0 radical (unpaired) electrons. The van der Waals surface area contributed by atoms with E-state index in [1.165, 1.54) is 12.7 Å². The molecule has 1 aliphatic carbocycles. The summed E-state index contributed by atoms with van der Waals surface area (Å²) in [6.07, 6.45) is 10.9. The smallest absolute Gasteiger partial charge is 0.310 e. The van der Waals surface area contributed by atoms with E-state index in [-0.39, 0.29) is 24.7 Å². The summed E-state index contributed by atoms with van der Waals surface area (Å²) < 4.78 is 6.18. The molecule has 1 fully saturated rings. The first-order valence-electron chi connectivity index (χ1n) is 20.4. The van der Waals surface area contributed by atoms with Crippen LogP contribution < -0.4 is 10.6 Å². The number of hydrogen-bond donors (Lipinski definition) is 4. The highest BCUT2D eigenvalue weighted by Gasteiger charge is 2.34. The minimum atomic E-state index is -1.21. The number of benzene rings is 3. The molecule has 2 amide bonds. The van der Waals surface area contributed by atoms with Crippen LogP contribution in [-0.4, -0.2) is 57.1 Å². The van der Waals surface area contributed by atoms with Gasteiger partial charge in [-0.05, 0) is 60.1 Å². The number of nitrogens with one attached hydrogen (secondary N) is 3. The minimum Gasteiger partial charge on any atom is -0.452 e. The highest BCUT2D eigenvalue weighted by atomic mass is 16.5. The lowest BCUT2D eigenvalue weighted by atomic mass is 9.81. The van der Waals surface area contributed by atoms with Crippen LogP contribution in [0.25, 0.3) is 0 Å². The first-order chi connectivity index (χ1) is 27.2. The van der Waals surface area contributed by atoms with E-state index < -0.39 is 48.0 Å². The van der Waals surface area contributed by atoms with E-state index in [0.29, 0.717) is 37.3 Å². The number of carbonyl (C=O) groups is 3. The summed E-state index contributed by atoms with van der Waals surface area (Å²) >= 11 is 0. The molecule has 0 spiro atoms. The number of hydrogen-bond acceptors (Lipinski definition) is 6. The third-order valence-corrected chi connectivity index (χ3v) is 11.2. The monoisotopic (exact) mass is 760 g/mol. The third kappa shape index (κ3) is 13.3. The van der Waals surface area contributed by atoms with Crippen LogP contribution >= 0.6 is 0 Å². The number of imidazole rings is 1. The molecule has 1 aromatic heterocycles. The molecule has 298 valence electrons. The van der Waals surface area contributed by atoms with Gasteiger partial charge in [0.15, 0.2) is 6.10 Å². The van der Waals surface area contributed by atoms with E-state index in [1.807, 2.05) is 97.1 Å². The molecule has 4 N–H and O–H groups in total. The van der Waals surface area contributed by atoms with E-state index in [2.05, 4.69) is 41.0 Å². The molecule has 9 heteroatoms. The maximum absolute atomic E-state index is 14.4. The number of carbonyl (C=O) groups excluding carboxylic acids is 3. The summed E-state index contributed by atoms with van der Waals surface area (Å²) in [5.74, 6) is -1.29. The number of aliphatic hydroxyl groups is 1. The van der Waals surface area contributed by atoms with Gasteiger partial charge in [-0.15, -0.1) is 6.58 Å². The molecule has 4 aromatic rings. The van der Waals surface area contributed by atoms with Crippen LogP contribution in [0.4, 0.5) is 0 Å². The Morgan fingerprint density at radius 3 is 1.91 bits per heavy atom. The Labute approximate surface area is 332 Å². The van der Waals surface area contributed by atoms with Crippen molar-refractivity contribution in [2.45, 2.75) is 109 Å². The molecule has 0 saturated heterocycles. The lowest BCUT2D eigenvalue weighted by Crippen LogP contribution is -2.56. The number of allylic oxidation sites excluding steroid dienone is 1. The van der Waals surface area contributed by atoms with Crippen LogP contribution in [0.15, 0.2) is 116 Å². The van der Waals surface area contributed by atoms with Gasteiger partial charge in [-0.2, -0.15) is 0 Å². The number of esters is 1. The van der Waals surface area contributed by atoms with Crippen LogP contribution in [0.5, 0.6) is 0 Å². The standard InChI is InChI=1S/C47H60N4O5/c1-4-38(33(2)3)29-43(52)41(27-36-21-13-7-14-22-36)50-45(53)42(30-40-31-48-32-49-40)51-46(54)44(28-37-23-15-8-16-24-37)56-47(55)39(25-34-17-9-5-10-18-34)26-35-19-11-6-12-20-35/h4-6,8-12,15-20,23-24,31-33,36,38-39,41-44,52H,1,7,13-14,21-22,25-30H2,2-3H3,(H,48,49)(H,50,53)(H,51,54)/t38?,41-,42-,43-,44-/m0/s1.